The molecule has 0 aromatic carbocycles. The van der Waals surface area contributed by atoms with Gasteiger partial charge in [-0.3, -0.25) is 19.4 Å². The largest absolute Gasteiger partial charge is 0.383 e. The number of aromatic amines is 1. The number of pyridine rings is 1. The van der Waals surface area contributed by atoms with Gasteiger partial charge in [0.15, 0.2) is 5.82 Å². The normalized spacial score (nSPS) is 11.5. The number of aromatic nitrogens is 5. The molecule has 3 heterocycles. The first-order valence-corrected chi connectivity index (χ1v) is 9.40. The number of fused-ring (bicyclic) bond motifs is 1. The molecular formula is C19H27N7O3. The molecule has 156 valence electrons. The van der Waals surface area contributed by atoms with E-state index in [1.165, 1.54) is 4.68 Å². The predicted octanol–water partition coefficient (Wildman–Crippen LogP) is 1.08. The van der Waals surface area contributed by atoms with Gasteiger partial charge in [0, 0.05) is 46.1 Å². The summed E-state index contributed by atoms with van der Waals surface area (Å²) < 4.78 is 8.19. The molecule has 0 spiro atoms. The summed E-state index contributed by atoms with van der Waals surface area (Å²) in [7, 11) is 5.02. The number of aryl methyl sites for hydroxylation is 1. The van der Waals surface area contributed by atoms with Crippen LogP contribution in [-0.4, -0.2) is 62.7 Å². The minimum Gasteiger partial charge on any atom is -0.383 e. The fourth-order valence-electron chi connectivity index (χ4n) is 3.24. The van der Waals surface area contributed by atoms with Gasteiger partial charge in [0.05, 0.1) is 17.8 Å². The highest BCUT2D eigenvalue weighted by atomic mass is 16.5. The molecule has 0 aliphatic rings. The number of methoxy groups -OCH3 is 1. The lowest BCUT2D eigenvalue weighted by atomic mass is 10.1. The molecule has 1 amide bonds. The third-order valence-corrected chi connectivity index (χ3v) is 4.74. The molecule has 3 aromatic heterocycles. The molecule has 0 aliphatic carbocycles. The van der Waals surface area contributed by atoms with E-state index in [2.05, 4.69) is 15.3 Å². The molecule has 0 atom stereocenters. The maximum atomic E-state index is 12.8. The van der Waals surface area contributed by atoms with E-state index in [-0.39, 0.29) is 23.2 Å². The number of rotatable bonds is 7. The smallest absolute Gasteiger partial charge is 0.271 e. The van der Waals surface area contributed by atoms with Gasteiger partial charge in [-0.2, -0.15) is 10.2 Å². The van der Waals surface area contributed by atoms with Gasteiger partial charge in [-0.15, -0.1) is 0 Å². The zero-order valence-corrected chi connectivity index (χ0v) is 17.4. The van der Waals surface area contributed by atoms with Crippen LogP contribution in [0, 0.1) is 5.92 Å². The van der Waals surface area contributed by atoms with E-state index >= 15 is 0 Å². The Labute approximate surface area is 168 Å². The zero-order valence-electron chi connectivity index (χ0n) is 17.4. The summed E-state index contributed by atoms with van der Waals surface area (Å²) in [5, 5.41) is 11.7. The van der Waals surface area contributed by atoms with Crippen molar-refractivity contribution in [3.8, 4) is 11.3 Å². The Hall–Kier alpha value is -3.14. The first-order chi connectivity index (χ1) is 13.7. The third kappa shape index (κ3) is 3.88. The van der Waals surface area contributed by atoms with Crippen molar-refractivity contribution in [2.45, 2.75) is 20.4 Å². The Morgan fingerprint density at radius 3 is 2.79 bits per heavy atom. The Bertz CT molecular complexity index is 1090. The average Bonchev–Trinajstić information content (AvgIpc) is 3.24. The molecule has 10 nitrogen and oxygen atoms in total. The first kappa shape index (κ1) is 20.6. The van der Waals surface area contributed by atoms with Crippen molar-refractivity contribution in [2.24, 2.45) is 13.0 Å². The maximum absolute atomic E-state index is 12.8. The molecule has 29 heavy (non-hydrogen) atoms. The lowest BCUT2D eigenvalue weighted by Gasteiger charge is -2.16. The molecule has 0 saturated heterocycles. The fourth-order valence-corrected chi connectivity index (χ4v) is 3.24. The Balaban J connectivity index is 2.11. The van der Waals surface area contributed by atoms with Crippen molar-refractivity contribution in [1.29, 1.82) is 0 Å². The van der Waals surface area contributed by atoms with Crippen LogP contribution in [0.4, 0.5) is 5.82 Å². The van der Waals surface area contributed by atoms with Gasteiger partial charge < -0.3 is 19.9 Å². The van der Waals surface area contributed by atoms with Crippen LogP contribution >= 0.6 is 0 Å². The summed E-state index contributed by atoms with van der Waals surface area (Å²) in [5.41, 5.74) is 7.91. The van der Waals surface area contributed by atoms with E-state index in [0.717, 1.165) is 0 Å². The molecule has 0 fully saturated rings. The van der Waals surface area contributed by atoms with Gasteiger partial charge in [-0.05, 0) is 12.0 Å². The highest BCUT2D eigenvalue weighted by Gasteiger charge is 2.22. The Morgan fingerprint density at radius 1 is 1.41 bits per heavy atom. The van der Waals surface area contributed by atoms with E-state index in [1.807, 2.05) is 13.8 Å². The summed E-state index contributed by atoms with van der Waals surface area (Å²) in [6.07, 6.45) is 1.74. The van der Waals surface area contributed by atoms with E-state index < -0.39 is 0 Å². The standard InChI is InChI=1S/C19H27N7O3/c1-11(2)9-26-10-12(16-15(19(26)28)17(20)22-21-16)13-8-14(25(4)23-13)18(27)24(3)6-7-29-5/h8,10-11H,6-7,9H2,1-5H3,(H3,20,21,22). The molecule has 0 aliphatic heterocycles. The van der Waals surface area contributed by atoms with Gasteiger partial charge in [0.2, 0.25) is 0 Å². The second-order valence-electron chi connectivity index (χ2n) is 7.51. The van der Waals surface area contributed by atoms with Crippen molar-refractivity contribution in [3.63, 3.8) is 0 Å². The molecule has 10 heteroatoms. The topological polar surface area (TPSA) is 124 Å². The number of nitrogens with two attached hydrogens (primary N) is 1. The Morgan fingerprint density at radius 2 is 2.14 bits per heavy atom. The molecule has 0 saturated carbocycles. The summed E-state index contributed by atoms with van der Waals surface area (Å²) in [5.74, 6) is 0.247. The van der Waals surface area contributed by atoms with Crippen molar-refractivity contribution in [2.75, 3.05) is 33.0 Å². The van der Waals surface area contributed by atoms with Crippen molar-refractivity contribution in [1.82, 2.24) is 29.4 Å². The number of nitrogens with one attached hydrogen (secondary N) is 1. The lowest BCUT2D eigenvalue weighted by molar-refractivity contribution is 0.0733. The van der Waals surface area contributed by atoms with Crippen LogP contribution in [0.5, 0.6) is 0 Å². The third-order valence-electron chi connectivity index (χ3n) is 4.74. The minimum absolute atomic E-state index is 0.149. The van der Waals surface area contributed by atoms with Crippen molar-refractivity contribution in [3.05, 3.63) is 28.3 Å². The summed E-state index contributed by atoms with van der Waals surface area (Å²) >= 11 is 0. The molecule has 3 aromatic rings. The van der Waals surface area contributed by atoms with Crippen molar-refractivity contribution >= 4 is 22.6 Å². The number of likely N-dealkylation sites (N-methyl/N-ethyl adjacent to an activating group) is 1. The van der Waals surface area contributed by atoms with Gasteiger partial charge in [0.1, 0.15) is 11.1 Å². The highest BCUT2D eigenvalue weighted by Crippen LogP contribution is 2.27. The van der Waals surface area contributed by atoms with Gasteiger partial charge in [-0.25, -0.2) is 0 Å². The molecule has 0 unspecified atom stereocenters. The van der Waals surface area contributed by atoms with E-state index in [4.69, 9.17) is 10.5 Å². The summed E-state index contributed by atoms with van der Waals surface area (Å²) in [6.45, 7) is 5.51. The van der Waals surface area contributed by atoms with Gasteiger partial charge in [0.25, 0.3) is 11.5 Å². The van der Waals surface area contributed by atoms with Crippen LogP contribution in [0.1, 0.15) is 24.3 Å². The second-order valence-corrected chi connectivity index (χ2v) is 7.51. The number of anilines is 1. The minimum atomic E-state index is -0.199. The lowest BCUT2D eigenvalue weighted by Crippen LogP contribution is -2.31. The number of ether oxygens (including phenoxy) is 1. The molecule has 0 bridgehead atoms. The highest BCUT2D eigenvalue weighted by molar-refractivity contribution is 5.99. The quantitative estimate of drug-likeness (QED) is 0.610. The zero-order chi connectivity index (χ0) is 21.3. The number of carbonyl (C=O) groups excluding carboxylic acids is 1. The maximum Gasteiger partial charge on any atom is 0.271 e. The van der Waals surface area contributed by atoms with Gasteiger partial charge in [-0.1, -0.05) is 13.8 Å². The molecule has 0 radical (unpaired) electrons. The first-order valence-electron chi connectivity index (χ1n) is 9.40. The Kier molecular flexibility index (Phi) is 5.73. The van der Waals surface area contributed by atoms with E-state index in [0.29, 0.717) is 47.6 Å². The van der Waals surface area contributed by atoms with Crippen LogP contribution in [0.15, 0.2) is 17.1 Å². The average molecular weight is 401 g/mol. The monoisotopic (exact) mass is 401 g/mol. The number of nitrogens with zero attached hydrogens (tertiary/aromatic N) is 5. The van der Waals surface area contributed by atoms with Gasteiger partial charge >= 0.3 is 0 Å². The van der Waals surface area contributed by atoms with Crippen LogP contribution < -0.4 is 11.3 Å². The van der Waals surface area contributed by atoms with Crippen LogP contribution in [0.25, 0.3) is 22.2 Å². The van der Waals surface area contributed by atoms with Crippen LogP contribution in [-0.2, 0) is 18.3 Å². The van der Waals surface area contributed by atoms with Crippen LogP contribution in [0.2, 0.25) is 0 Å². The number of hydrogen-bond donors (Lipinski definition) is 2. The summed E-state index contributed by atoms with van der Waals surface area (Å²) in [6, 6.07) is 1.71. The molecule has 3 N–H and O–H groups in total. The van der Waals surface area contributed by atoms with E-state index in [1.54, 1.807) is 42.9 Å². The number of carbonyl (C=O) groups is 1. The summed E-state index contributed by atoms with van der Waals surface area (Å²) in [4.78, 5) is 27.2. The predicted molar refractivity (Wildman–Crippen MR) is 111 cm³/mol. The van der Waals surface area contributed by atoms with Crippen LogP contribution in [0.3, 0.4) is 0 Å². The van der Waals surface area contributed by atoms with E-state index in [9.17, 15) is 9.59 Å². The number of hydrogen-bond acceptors (Lipinski definition) is 6. The number of amides is 1. The van der Waals surface area contributed by atoms with Crippen molar-refractivity contribution < 1.29 is 9.53 Å². The molecular weight excluding hydrogens is 374 g/mol. The number of nitrogen functional groups attached to an aromatic ring is 1. The number of H-pyrrole nitrogens is 1. The fraction of sp³-hybridized carbons (Fsp3) is 0.474. The second kappa shape index (κ2) is 8.08. The molecule has 3 rings (SSSR count). The SMILES string of the molecule is COCCN(C)C(=O)c1cc(-c2cn(CC(C)C)c(=O)c3c(N)n[nH]c23)nn1C.